The molecule has 0 spiro atoms. The SMILES string of the molecule is O=Cc1cn2c(c1-c1ccsc1)Cc1ccccc1-2. The van der Waals surface area contributed by atoms with Crippen LogP contribution in [0.15, 0.2) is 47.3 Å². The third-order valence-electron chi connectivity index (χ3n) is 3.68. The molecule has 3 aromatic rings. The summed E-state index contributed by atoms with van der Waals surface area (Å²) in [5.41, 5.74) is 6.76. The monoisotopic (exact) mass is 265 g/mol. The molecule has 0 fully saturated rings. The lowest BCUT2D eigenvalue weighted by molar-refractivity contribution is 0.112. The highest BCUT2D eigenvalue weighted by atomic mass is 32.1. The Hall–Kier alpha value is -2.13. The Labute approximate surface area is 114 Å². The lowest BCUT2D eigenvalue weighted by Crippen LogP contribution is -1.88. The molecule has 3 heteroatoms. The van der Waals surface area contributed by atoms with Gasteiger partial charge in [0.25, 0.3) is 0 Å². The molecule has 0 unspecified atom stereocenters. The molecule has 0 N–H and O–H groups in total. The fraction of sp³-hybridized carbons (Fsp3) is 0.0625. The van der Waals surface area contributed by atoms with Gasteiger partial charge in [-0.05, 0) is 34.0 Å². The fourth-order valence-corrected chi connectivity index (χ4v) is 3.51. The summed E-state index contributed by atoms with van der Waals surface area (Å²) in [6.07, 6.45) is 3.82. The first-order valence-corrected chi connectivity index (χ1v) is 7.13. The molecule has 1 aliphatic heterocycles. The standard InChI is InChI=1S/C16H11NOS/c18-9-13-8-17-14-4-2-1-3-11(14)7-15(17)16(13)12-5-6-19-10-12/h1-6,8-10H,7H2. The van der Waals surface area contributed by atoms with Gasteiger partial charge in [0.05, 0.1) is 0 Å². The van der Waals surface area contributed by atoms with Crippen LogP contribution in [0.25, 0.3) is 16.8 Å². The molecule has 0 atom stereocenters. The normalized spacial score (nSPS) is 12.2. The van der Waals surface area contributed by atoms with E-state index in [1.165, 1.54) is 16.9 Å². The summed E-state index contributed by atoms with van der Waals surface area (Å²) >= 11 is 1.66. The summed E-state index contributed by atoms with van der Waals surface area (Å²) < 4.78 is 2.16. The minimum absolute atomic E-state index is 0.780. The highest BCUT2D eigenvalue weighted by Gasteiger charge is 2.24. The average molecular weight is 265 g/mol. The van der Waals surface area contributed by atoms with Crippen LogP contribution in [0.1, 0.15) is 21.6 Å². The molecule has 0 amide bonds. The number of hydrogen-bond donors (Lipinski definition) is 0. The molecule has 0 radical (unpaired) electrons. The van der Waals surface area contributed by atoms with Crippen LogP contribution in [0.2, 0.25) is 0 Å². The molecule has 0 bridgehead atoms. The highest BCUT2D eigenvalue weighted by molar-refractivity contribution is 7.08. The predicted molar refractivity (Wildman–Crippen MR) is 77.3 cm³/mol. The number of thiophene rings is 1. The van der Waals surface area contributed by atoms with E-state index in [1.54, 1.807) is 11.3 Å². The minimum Gasteiger partial charge on any atom is -0.319 e. The number of fused-ring (bicyclic) bond motifs is 3. The molecule has 4 rings (SSSR count). The average Bonchev–Trinajstić information content (AvgIpc) is 3.12. The maximum atomic E-state index is 11.3. The maximum absolute atomic E-state index is 11.3. The molecule has 92 valence electrons. The Morgan fingerprint density at radius 3 is 2.89 bits per heavy atom. The zero-order chi connectivity index (χ0) is 12.8. The van der Waals surface area contributed by atoms with Crippen LogP contribution < -0.4 is 0 Å². The van der Waals surface area contributed by atoms with Crippen LogP contribution in [0.5, 0.6) is 0 Å². The van der Waals surface area contributed by atoms with E-state index in [9.17, 15) is 4.79 Å². The number of aldehydes is 1. The Morgan fingerprint density at radius 2 is 2.11 bits per heavy atom. The highest BCUT2D eigenvalue weighted by Crippen LogP contribution is 2.38. The Morgan fingerprint density at radius 1 is 1.21 bits per heavy atom. The zero-order valence-corrected chi connectivity index (χ0v) is 11.0. The summed E-state index contributed by atoms with van der Waals surface area (Å²) in [7, 11) is 0. The van der Waals surface area contributed by atoms with Crippen molar-refractivity contribution in [1.82, 2.24) is 4.57 Å². The molecular weight excluding hydrogens is 254 g/mol. The second-order valence-electron chi connectivity index (χ2n) is 4.71. The van der Waals surface area contributed by atoms with Crippen molar-refractivity contribution in [3.63, 3.8) is 0 Å². The summed E-state index contributed by atoms with van der Waals surface area (Å²) in [5, 5.41) is 4.15. The van der Waals surface area contributed by atoms with E-state index < -0.39 is 0 Å². The van der Waals surface area contributed by atoms with E-state index in [-0.39, 0.29) is 0 Å². The van der Waals surface area contributed by atoms with Crippen molar-refractivity contribution in [1.29, 1.82) is 0 Å². The molecule has 1 aliphatic rings. The van der Waals surface area contributed by atoms with Crippen molar-refractivity contribution < 1.29 is 4.79 Å². The van der Waals surface area contributed by atoms with E-state index in [1.807, 2.05) is 12.3 Å². The van der Waals surface area contributed by atoms with Crippen molar-refractivity contribution in [2.24, 2.45) is 0 Å². The van der Waals surface area contributed by atoms with Crippen molar-refractivity contribution in [2.45, 2.75) is 6.42 Å². The van der Waals surface area contributed by atoms with E-state index in [0.29, 0.717) is 0 Å². The van der Waals surface area contributed by atoms with Gasteiger partial charge in [-0.15, -0.1) is 0 Å². The van der Waals surface area contributed by atoms with Crippen molar-refractivity contribution in [3.8, 4) is 16.8 Å². The van der Waals surface area contributed by atoms with Gasteiger partial charge in [0.1, 0.15) is 0 Å². The Balaban J connectivity index is 2.00. The van der Waals surface area contributed by atoms with Gasteiger partial charge < -0.3 is 4.57 Å². The smallest absolute Gasteiger partial charge is 0.152 e. The van der Waals surface area contributed by atoms with Crippen molar-refractivity contribution in [2.75, 3.05) is 0 Å². The molecule has 0 saturated heterocycles. The van der Waals surface area contributed by atoms with Gasteiger partial charge in [0.2, 0.25) is 0 Å². The Kier molecular flexibility index (Phi) is 2.23. The Bertz CT molecular complexity index is 768. The van der Waals surface area contributed by atoms with Crippen LogP contribution in [-0.2, 0) is 6.42 Å². The maximum Gasteiger partial charge on any atom is 0.152 e. The topological polar surface area (TPSA) is 22.0 Å². The summed E-state index contributed by atoms with van der Waals surface area (Å²) in [6, 6.07) is 10.4. The molecular formula is C16H11NOS. The first-order valence-electron chi connectivity index (χ1n) is 6.19. The molecule has 3 heterocycles. The van der Waals surface area contributed by atoms with E-state index in [0.717, 1.165) is 29.4 Å². The predicted octanol–water partition coefficient (Wildman–Crippen LogP) is 3.92. The van der Waals surface area contributed by atoms with Gasteiger partial charge in [-0.3, -0.25) is 4.79 Å². The number of benzene rings is 1. The third kappa shape index (κ3) is 1.45. The largest absolute Gasteiger partial charge is 0.319 e. The van der Waals surface area contributed by atoms with Crippen molar-refractivity contribution in [3.05, 3.63) is 64.1 Å². The van der Waals surface area contributed by atoms with Crippen LogP contribution >= 0.6 is 11.3 Å². The van der Waals surface area contributed by atoms with Crippen LogP contribution in [0.4, 0.5) is 0 Å². The van der Waals surface area contributed by atoms with Crippen molar-refractivity contribution >= 4 is 17.6 Å². The van der Waals surface area contributed by atoms with Crippen LogP contribution in [0.3, 0.4) is 0 Å². The van der Waals surface area contributed by atoms with Gasteiger partial charge in [-0.25, -0.2) is 0 Å². The van der Waals surface area contributed by atoms with E-state index >= 15 is 0 Å². The van der Waals surface area contributed by atoms with Crippen LogP contribution in [0, 0.1) is 0 Å². The van der Waals surface area contributed by atoms with Gasteiger partial charge in [-0.1, -0.05) is 18.2 Å². The number of rotatable bonds is 2. The molecule has 1 aromatic carbocycles. The summed E-state index contributed by atoms with van der Waals surface area (Å²) in [6.45, 7) is 0. The first kappa shape index (κ1) is 10.8. The molecule has 0 saturated carbocycles. The summed E-state index contributed by atoms with van der Waals surface area (Å²) in [5.74, 6) is 0. The minimum atomic E-state index is 0.780. The molecule has 0 aliphatic carbocycles. The van der Waals surface area contributed by atoms with Crippen LogP contribution in [-0.4, -0.2) is 10.9 Å². The second-order valence-corrected chi connectivity index (χ2v) is 5.49. The van der Waals surface area contributed by atoms with Gasteiger partial charge >= 0.3 is 0 Å². The number of para-hydroxylation sites is 1. The van der Waals surface area contributed by atoms with Gasteiger partial charge in [0.15, 0.2) is 6.29 Å². The lowest BCUT2D eigenvalue weighted by atomic mass is 10.0. The zero-order valence-electron chi connectivity index (χ0n) is 10.2. The number of nitrogens with zero attached hydrogens (tertiary/aromatic N) is 1. The van der Waals surface area contributed by atoms with E-state index in [2.05, 4.69) is 39.6 Å². The number of hydrogen-bond acceptors (Lipinski definition) is 2. The van der Waals surface area contributed by atoms with Gasteiger partial charge in [0, 0.05) is 35.1 Å². The van der Waals surface area contributed by atoms with E-state index in [4.69, 9.17) is 0 Å². The first-order chi connectivity index (χ1) is 9.38. The quantitative estimate of drug-likeness (QED) is 0.503. The molecule has 19 heavy (non-hydrogen) atoms. The molecule has 2 nitrogen and oxygen atoms in total. The fourth-order valence-electron chi connectivity index (χ4n) is 2.86. The number of carbonyl (C=O) groups is 1. The summed E-state index contributed by atoms with van der Waals surface area (Å²) in [4.78, 5) is 11.3. The number of aromatic nitrogens is 1. The van der Waals surface area contributed by atoms with Gasteiger partial charge in [-0.2, -0.15) is 11.3 Å². The molecule has 2 aromatic heterocycles. The second kappa shape index (κ2) is 3.93. The number of carbonyl (C=O) groups excluding carboxylic acids is 1. The third-order valence-corrected chi connectivity index (χ3v) is 4.37. The lowest BCUT2D eigenvalue weighted by Gasteiger charge is -2.00.